The first-order chi connectivity index (χ1) is 17.8. The Labute approximate surface area is 230 Å². The SMILES string of the molecule is C=C1CO[C@@]2(C1)[C@@H](Nc1ccccc1N[C@H]1[C@@H]3CC[C@@](C)(C3(C)C)[C@]13CC(=C)CO3)[C@@H]1CC[C@@]2(C)C1(C)C. The van der Waals surface area contributed by atoms with Gasteiger partial charge in [-0.25, -0.2) is 0 Å². The van der Waals surface area contributed by atoms with E-state index in [1.165, 1.54) is 48.2 Å². The fourth-order valence-electron chi connectivity index (χ4n) is 11.1. The number of anilines is 2. The minimum atomic E-state index is -0.195. The number of para-hydroxylation sites is 2. The van der Waals surface area contributed by atoms with Gasteiger partial charge in [0.2, 0.25) is 0 Å². The van der Waals surface area contributed by atoms with E-state index in [2.05, 4.69) is 89.6 Å². The normalized spacial score (nSPS) is 47.6. The quantitative estimate of drug-likeness (QED) is 0.405. The Balaban J connectivity index is 1.25. The lowest BCUT2D eigenvalue weighted by Crippen LogP contribution is -2.56. The molecule has 38 heavy (non-hydrogen) atoms. The van der Waals surface area contributed by atoms with Crippen LogP contribution in [0.25, 0.3) is 0 Å². The van der Waals surface area contributed by atoms with E-state index in [0.717, 1.165) is 12.8 Å². The Morgan fingerprint density at radius 2 is 1.08 bits per heavy atom. The summed E-state index contributed by atoms with van der Waals surface area (Å²) in [7, 11) is 0. The van der Waals surface area contributed by atoms with Crippen LogP contribution in [0.15, 0.2) is 48.6 Å². The highest BCUT2D eigenvalue weighted by Gasteiger charge is 2.76. The summed E-state index contributed by atoms with van der Waals surface area (Å²) in [6.07, 6.45) is 6.91. The van der Waals surface area contributed by atoms with Crippen LogP contribution < -0.4 is 10.6 Å². The molecular weight excluding hydrogens is 468 g/mol. The largest absolute Gasteiger partial charge is 0.377 e. The van der Waals surface area contributed by atoms with Crippen molar-refractivity contribution in [2.45, 2.75) is 103 Å². The van der Waals surface area contributed by atoms with Crippen LogP contribution in [0.4, 0.5) is 11.4 Å². The van der Waals surface area contributed by atoms with Crippen LogP contribution in [-0.4, -0.2) is 36.5 Å². The third kappa shape index (κ3) is 2.66. The average molecular weight is 517 g/mol. The maximum absolute atomic E-state index is 6.80. The molecule has 6 aliphatic rings. The predicted octanol–water partition coefficient (Wildman–Crippen LogP) is 7.59. The second-order valence-corrected chi connectivity index (χ2v) is 15.4. The van der Waals surface area contributed by atoms with E-state index in [-0.39, 0.29) is 44.9 Å². The van der Waals surface area contributed by atoms with Crippen molar-refractivity contribution >= 4 is 11.4 Å². The van der Waals surface area contributed by atoms with Crippen LogP contribution in [0.3, 0.4) is 0 Å². The highest BCUT2D eigenvalue weighted by atomic mass is 16.5. The van der Waals surface area contributed by atoms with E-state index >= 15 is 0 Å². The van der Waals surface area contributed by atoms with Gasteiger partial charge < -0.3 is 20.1 Å². The molecule has 8 atom stereocenters. The standard InChI is InChI=1S/C34H48N2O2/c1-21-17-33(37-19-21)27(23-13-15-31(33,7)29(23,3)4)35-25-11-9-10-12-26(25)36-28-24-14-16-32(8,30(24,5)6)34(28)18-22(2)20-38-34/h9-12,23-24,27-28,35-36H,1-2,13-20H2,3-8H3/t23-,24-,27-,28-,31-,32-,33-,34-/m0/s1. The summed E-state index contributed by atoms with van der Waals surface area (Å²) in [5.41, 5.74) is 5.18. The highest BCUT2D eigenvalue weighted by Crippen LogP contribution is 2.75. The molecule has 4 saturated carbocycles. The molecule has 2 N–H and O–H groups in total. The Morgan fingerprint density at radius 3 is 1.42 bits per heavy atom. The van der Waals surface area contributed by atoms with Crippen molar-refractivity contribution in [2.75, 3.05) is 23.8 Å². The van der Waals surface area contributed by atoms with Gasteiger partial charge >= 0.3 is 0 Å². The van der Waals surface area contributed by atoms with Crippen molar-refractivity contribution in [3.63, 3.8) is 0 Å². The molecular formula is C34H48N2O2. The topological polar surface area (TPSA) is 42.5 Å². The summed E-state index contributed by atoms with van der Waals surface area (Å²) in [6.45, 7) is 25.0. The average Bonchev–Trinajstić information content (AvgIpc) is 3.60. The zero-order chi connectivity index (χ0) is 26.9. The molecule has 4 nitrogen and oxygen atoms in total. The molecule has 4 heteroatoms. The van der Waals surface area contributed by atoms with E-state index < -0.39 is 0 Å². The molecule has 6 fully saturated rings. The maximum atomic E-state index is 6.80. The van der Waals surface area contributed by atoms with Crippen LogP contribution in [0.1, 0.15) is 80.1 Å². The number of benzene rings is 1. The number of hydrogen-bond acceptors (Lipinski definition) is 4. The molecule has 0 radical (unpaired) electrons. The first-order valence-corrected chi connectivity index (χ1v) is 15.1. The van der Waals surface area contributed by atoms with Crippen LogP contribution in [0.2, 0.25) is 0 Å². The van der Waals surface area contributed by atoms with Gasteiger partial charge in [-0.3, -0.25) is 0 Å². The molecule has 4 bridgehead atoms. The second-order valence-electron chi connectivity index (χ2n) is 15.4. The third-order valence-corrected chi connectivity index (χ3v) is 13.9. The summed E-state index contributed by atoms with van der Waals surface area (Å²) in [5, 5.41) is 8.25. The molecule has 2 spiro atoms. The van der Waals surface area contributed by atoms with E-state index in [0.29, 0.717) is 25.0 Å². The van der Waals surface area contributed by atoms with Gasteiger partial charge in [-0.1, -0.05) is 66.8 Å². The van der Waals surface area contributed by atoms with Gasteiger partial charge in [-0.15, -0.1) is 0 Å². The minimum Gasteiger partial charge on any atom is -0.377 e. The van der Waals surface area contributed by atoms with E-state index in [1.54, 1.807) is 0 Å². The number of fused-ring (bicyclic) bond motifs is 6. The summed E-state index contributed by atoms with van der Waals surface area (Å²) in [5.74, 6) is 1.14. The zero-order valence-electron chi connectivity index (χ0n) is 24.5. The summed E-state index contributed by atoms with van der Waals surface area (Å²) >= 11 is 0. The van der Waals surface area contributed by atoms with Gasteiger partial charge in [0.15, 0.2) is 0 Å². The predicted molar refractivity (Wildman–Crippen MR) is 155 cm³/mol. The summed E-state index contributed by atoms with van der Waals surface area (Å²) in [4.78, 5) is 0. The Hall–Kier alpha value is -1.78. The van der Waals surface area contributed by atoms with E-state index in [9.17, 15) is 0 Å². The van der Waals surface area contributed by atoms with Crippen molar-refractivity contribution in [3.8, 4) is 0 Å². The van der Waals surface area contributed by atoms with Crippen LogP contribution in [-0.2, 0) is 9.47 Å². The number of hydrogen-bond donors (Lipinski definition) is 2. The van der Waals surface area contributed by atoms with Crippen molar-refractivity contribution < 1.29 is 9.47 Å². The molecule has 2 saturated heterocycles. The molecule has 0 unspecified atom stereocenters. The van der Waals surface area contributed by atoms with Gasteiger partial charge in [0.1, 0.15) is 0 Å². The minimum absolute atomic E-state index is 0.134. The fourth-order valence-corrected chi connectivity index (χ4v) is 11.1. The molecule has 7 rings (SSSR count). The summed E-state index contributed by atoms with van der Waals surface area (Å²) in [6, 6.07) is 9.41. The maximum Gasteiger partial charge on any atom is 0.0985 e. The molecule has 206 valence electrons. The Bertz CT molecular complexity index is 1130. The monoisotopic (exact) mass is 516 g/mol. The molecule has 2 aliphatic heterocycles. The van der Waals surface area contributed by atoms with Crippen molar-refractivity contribution in [2.24, 2.45) is 33.5 Å². The molecule has 0 aromatic heterocycles. The molecule has 4 aliphatic carbocycles. The number of rotatable bonds is 4. The van der Waals surface area contributed by atoms with Crippen LogP contribution >= 0.6 is 0 Å². The Morgan fingerprint density at radius 1 is 0.684 bits per heavy atom. The third-order valence-electron chi connectivity index (χ3n) is 13.9. The Kier molecular flexibility index (Phi) is 4.97. The lowest BCUT2D eigenvalue weighted by atomic mass is 9.63. The fraction of sp³-hybridized carbons (Fsp3) is 0.706. The number of ether oxygens (including phenoxy) is 2. The van der Waals surface area contributed by atoms with Gasteiger partial charge in [-0.2, -0.15) is 0 Å². The van der Waals surface area contributed by atoms with Crippen molar-refractivity contribution in [1.29, 1.82) is 0 Å². The number of nitrogens with one attached hydrogen (secondary N) is 2. The first kappa shape index (κ1) is 25.2. The lowest BCUT2D eigenvalue weighted by Gasteiger charge is -2.49. The van der Waals surface area contributed by atoms with Crippen LogP contribution in [0, 0.1) is 33.5 Å². The zero-order valence-corrected chi connectivity index (χ0v) is 24.5. The second kappa shape index (κ2) is 7.49. The van der Waals surface area contributed by atoms with Gasteiger partial charge in [-0.05, 0) is 71.6 Å². The van der Waals surface area contributed by atoms with E-state index in [4.69, 9.17) is 9.47 Å². The lowest BCUT2D eigenvalue weighted by molar-refractivity contribution is -0.109. The van der Waals surface area contributed by atoms with Gasteiger partial charge in [0.25, 0.3) is 0 Å². The summed E-state index contributed by atoms with van der Waals surface area (Å²) < 4.78 is 13.6. The first-order valence-electron chi connectivity index (χ1n) is 15.1. The molecule has 1 aromatic carbocycles. The van der Waals surface area contributed by atoms with Crippen LogP contribution in [0.5, 0.6) is 0 Å². The van der Waals surface area contributed by atoms with Gasteiger partial charge in [0, 0.05) is 23.7 Å². The van der Waals surface area contributed by atoms with Gasteiger partial charge in [0.05, 0.1) is 47.9 Å². The van der Waals surface area contributed by atoms with E-state index in [1.807, 2.05) is 0 Å². The molecule has 2 heterocycles. The van der Waals surface area contributed by atoms with Crippen molar-refractivity contribution in [1.82, 2.24) is 0 Å². The highest BCUT2D eigenvalue weighted by molar-refractivity contribution is 5.70. The molecule has 0 amide bonds. The smallest absolute Gasteiger partial charge is 0.0985 e. The van der Waals surface area contributed by atoms with Crippen molar-refractivity contribution in [3.05, 3.63) is 48.6 Å². The molecule has 1 aromatic rings.